The van der Waals surface area contributed by atoms with Crippen molar-refractivity contribution < 1.29 is 20.1 Å². The second-order valence-electron chi connectivity index (χ2n) is 5.08. The zero-order chi connectivity index (χ0) is 15.8. The van der Waals surface area contributed by atoms with Gasteiger partial charge in [0.15, 0.2) is 0 Å². The molecule has 0 aliphatic rings. The second kappa shape index (κ2) is 9.23. The Morgan fingerprint density at radius 2 is 1.67 bits per heavy atom. The molecule has 0 fully saturated rings. The zero-order valence-corrected chi connectivity index (χ0v) is 13.3. The largest absolute Gasteiger partial charge is 0.491 e. The highest BCUT2D eigenvalue weighted by atomic mass is 35.5. The van der Waals surface area contributed by atoms with Crippen LogP contribution >= 0.6 is 11.6 Å². The minimum absolute atomic E-state index is 0.0108. The Bertz CT molecular complexity index is 413. The molecule has 1 aromatic carbocycles. The average Bonchev–Trinajstić information content (AvgIpc) is 2.43. The Labute approximate surface area is 130 Å². The van der Waals surface area contributed by atoms with Gasteiger partial charge in [-0.25, -0.2) is 0 Å². The van der Waals surface area contributed by atoms with Gasteiger partial charge < -0.3 is 20.1 Å². The fourth-order valence-electron chi connectivity index (χ4n) is 2.11. The smallest absolute Gasteiger partial charge is 0.120 e. The number of halogens is 1. The second-order valence-corrected chi connectivity index (χ2v) is 5.46. The highest BCUT2D eigenvalue weighted by Gasteiger charge is 2.12. The molecule has 0 saturated heterocycles. The summed E-state index contributed by atoms with van der Waals surface area (Å²) in [5.74, 6) is 0.671. The minimum atomic E-state index is -0.695. The monoisotopic (exact) mass is 317 g/mol. The van der Waals surface area contributed by atoms with Gasteiger partial charge in [-0.3, -0.25) is 4.90 Å². The molecule has 0 radical (unpaired) electrons. The first-order chi connectivity index (χ1) is 9.97. The Kier molecular flexibility index (Phi) is 8.00. The number of aryl methyl sites for hydroxylation is 2. The van der Waals surface area contributed by atoms with Crippen LogP contribution in [0.3, 0.4) is 0 Å². The standard InChI is InChI=1S/C15H24ClNO4/c1-11-7-14(8-12(2)15(11)16)21-10-13(20)9-17(3-5-18)4-6-19/h7-8,13,18-20H,3-6,9-10H2,1-2H3/t13-/m1/s1. The van der Waals surface area contributed by atoms with E-state index in [4.69, 9.17) is 26.6 Å². The van der Waals surface area contributed by atoms with Crippen molar-refractivity contribution in [2.24, 2.45) is 0 Å². The third-order valence-corrected chi connectivity index (χ3v) is 3.75. The van der Waals surface area contributed by atoms with Crippen molar-refractivity contribution in [2.75, 3.05) is 39.5 Å². The number of rotatable bonds is 9. The summed E-state index contributed by atoms with van der Waals surface area (Å²) in [4.78, 5) is 1.78. The van der Waals surface area contributed by atoms with Gasteiger partial charge in [0, 0.05) is 24.7 Å². The number of hydrogen-bond donors (Lipinski definition) is 3. The molecule has 0 amide bonds. The molecule has 1 rings (SSSR count). The van der Waals surface area contributed by atoms with Crippen LogP contribution in [0, 0.1) is 13.8 Å². The molecule has 6 heteroatoms. The van der Waals surface area contributed by atoms with Crippen LogP contribution in [0.25, 0.3) is 0 Å². The maximum Gasteiger partial charge on any atom is 0.120 e. The van der Waals surface area contributed by atoms with Crippen LogP contribution in [0.4, 0.5) is 0 Å². The third kappa shape index (κ3) is 6.20. The summed E-state index contributed by atoms with van der Waals surface area (Å²) in [6, 6.07) is 3.67. The molecule has 0 saturated carbocycles. The topological polar surface area (TPSA) is 73.2 Å². The molecule has 21 heavy (non-hydrogen) atoms. The summed E-state index contributed by atoms with van der Waals surface area (Å²) in [5.41, 5.74) is 1.87. The molecular formula is C15H24ClNO4. The molecule has 0 spiro atoms. The van der Waals surface area contributed by atoms with Crippen molar-refractivity contribution in [3.05, 3.63) is 28.3 Å². The van der Waals surface area contributed by atoms with E-state index >= 15 is 0 Å². The third-order valence-electron chi connectivity index (χ3n) is 3.15. The number of hydrogen-bond acceptors (Lipinski definition) is 5. The van der Waals surface area contributed by atoms with E-state index in [1.165, 1.54) is 0 Å². The number of ether oxygens (including phenoxy) is 1. The van der Waals surface area contributed by atoms with Crippen LogP contribution in [0.5, 0.6) is 5.75 Å². The molecule has 1 atom stereocenters. The van der Waals surface area contributed by atoms with Gasteiger partial charge in [0.2, 0.25) is 0 Å². The lowest BCUT2D eigenvalue weighted by atomic mass is 10.1. The van der Waals surface area contributed by atoms with Crippen molar-refractivity contribution in [3.8, 4) is 5.75 Å². The van der Waals surface area contributed by atoms with Crippen LogP contribution < -0.4 is 4.74 Å². The molecule has 120 valence electrons. The van der Waals surface area contributed by atoms with Gasteiger partial charge in [-0.1, -0.05) is 11.6 Å². The lowest BCUT2D eigenvalue weighted by Gasteiger charge is -2.23. The fourth-order valence-corrected chi connectivity index (χ4v) is 2.22. The maximum atomic E-state index is 9.97. The van der Waals surface area contributed by atoms with Crippen molar-refractivity contribution in [2.45, 2.75) is 20.0 Å². The van der Waals surface area contributed by atoms with E-state index in [0.717, 1.165) is 16.1 Å². The quantitative estimate of drug-likeness (QED) is 0.633. The van der Waals surface area contributed by atoms with Crippen molar-refractivity contribution in [3.63, 3.8) is 0 Å². The summed E-state index contributed by atoms with van der Waals surface area (Å²) in [7, 11) is 0. The molecule has 0 aliphatic carbocycles. The molecule has 5 nitrogen and oxygen atoms in total. The van der Waals surface area contributed by atoms with E-state index in [9.17, 15) is 5.11 Å². The predicted molar refractivity (Wildman–Crippen MR) is 83.0 cm³/mol. The van der Waals surface area contributed by atoms with Crippen molar-refractivity contribution in [1.82, 2.24) is 4.90 Å². The Balaban J connectivity index is 2.50. The van der Waals surface area contributed by atoms with E-state index in [0.29, 0.717) is 25.4 Å². The molecule has 0 unspecified atom stereocenters. The van der Waals surface area contributed by atoms with Crippen LogP contribution in [-0.2, 0) is 0 Å². The molecule has 0 heterocycles. The first-order valence-electron chi connectivity index (χ1n) is 6.99. The van der Waals surface area contributed by atoms with Gasteiger partial charge in [0.25, 0.3) is 0 Å². The predicted octanol–water partition coefficient (Wildman–Crippen LogP) is 0.983. The Morgan fingerprint density at radius 1 is 1.14 bits per heavy atom. The summed E-state index contributed by atoms with van der Waals surface area (Å²) in [6.07, 6.45) is -0.695. The maximum absolute atomic E-state index is 9.97. The van der Waals surface area contributed by atoms with Crippen molar-refractivity contribution in [1.29, 1.82) is 0 Å². The Hall–Kier alpha value is -0.850. The highest BCUT2D eigenvalue weighted by molar-refractivity contribution is 6.32. The molecule has 0 bridgehead atoms. The van der Waals surface area contributed by atoms with Crippen LogP contribution in [-0.4, -0.2) is 65.8 Å². The van der Waals surface area contributed by atoms with Crippen molar-refractivity contribution >= 4 is 11.6 Å². The Morgan fingerprint density at radius 3 is 2.14 bits per heavy atom. The number of nitrogens with zero attached hydrogens (tertiary/aromatic N) is 1. The average molecular weight is 318 g/mol. The summed E-state index contributed by atoms with van der Waals surface area (Å²) < 4.78 is 5.58. The van der Waals surface area contributed by atoms with E-state index in [1.807, 2.05) is 26.0 Å². The fraction of sp³-hybridized carbons (Fsp3) is 0.600. The SMILES string of the molecule is Cc1cc(OC[C@H](O)CN(CCO)CCO)cc(C)c1Cl. The van der Waals surface area contributed by atoms with Gasteiger partial charge in [0.05, 0.1) is 13.2 Å². The summed E-state index contributed by atoms with van der Waals surface area (Å²) in [6.45, 7) is 5.10. The van der Waals surface area contributed by atoms with E-state index < -0.39 is 6.10 Å². The number of aliphatic hydroxyl groups is 3. The molecule has 0 aliphatic heterocycles. The van der Waals surface area contributed by atoms with Gasteiger partial charge in [-0.05, 0) is 37.1 Å². The van der Waals surface area contributed by atoms with Gasteiger partial charge in [-0.2, -0.15) is 0 Å². The molecular weight excluding hydrogens is 294 g/mol. The lowest BCUT2D eigenvalue weighted by Crippen LogP contribution is -2.38. The molecule has 0 aromatic heterocycles. The van der Waals surface area contributed by atoms with Crippen LogP contribution in [0.2, 0.25) is 5.02 Å². The van der Waals surface area contributed by atoms with Gasteiger partial charge >= 0.3 is 0 Å². The van der Waals surface area contributed by atoms with E-state index in [-0.39, 0.29) is 19.8 Å². The summed E-state index contributed by atoms with van der Waals surface area (Å²) >= 11 is 6.09. The highest BCUT2D eigenvalue weighted by Crippen LogP contribution is 2.25. The van der Waals surface area contributed by atoms with Gasteiger partial charge in [0.1, 0.15) is 18.5 Å². The van der Waals surface area contributed by atoms with Crippen LogP contribution in [0.15, 0.2) is 12.1 Å². The summed E-state index contributed by atoms with van der Waals surface area (Å²) in [5, 5.41) is 28.5. The van der Waals surface area contributed by atoms with E-state index in [1.54, 1.807) is 4.90 Å². The molecule has 3 N–H and O–H groups in total. The molecule has 1 aromatic rings. The van der Waals surface area contributed by atoms with E-state index in [2.05, 4.69) is 0 Å². The normalized spacial score (nSPS) is 12.7. The number of benzene rings is 1. The zero-order valence-electron chi connectivity index (χ0n) is 12.5. The number of aliphatic hydroxyl groups excluding tert-OH is 3. The van der Waals surface area contributed by atoms with Gasteiger partial charge in [-0.15, -0.1) is 0 Å². The first-order valence-corrected chi connectivity index (χ1v) is 7.37. The van der Waals surface area contributed by atoms with Crippen LogP contribution in [0.1, 0.15) is 11.1 Å². The first kappa shape index (κ1) is 18.2. The lowest BCUT2D eigenvalue weighted by molar-refractivity contribution is 0.0552. The minimum Gasteiger partial charge on any atom is -0.491 e.